The molecule has 0 fully saturated rings. The van der Waals surface area contributed by atoms with Crippen molar-refractivity contribution in [2.75, 3.05) is 13.2 Å². The minimum Gasteiger partial charge on any atom is -0.462 e. The zero-order valence-electron chi connectivity index (χ0n) is 31.3. The second-order valence-electron chi connectivity index (χ2n) is 14.3. The largest absolute Gasteiger partial charge is 0.462 e. The maximum Gasteiger partial charge on any atom is 0.306 e. The van der Waals surface area contributed by atoms with Crippen molar-refractivity contribution < 1.29 is 24.2 Å². The molecule has 0 aliphatic heterocycles. The Kier molecular flexibility index (Phi) is 35.9. The summed E-state index contributed by atoms with van der Waals surface area (Å²) < 4.78 is 10.6. The van der Waals surface area contributed by atoms with Gasteiger partial charge >= 0.3 is 11.9 Å². The van der Waals surface area contributed by atoms with Gasteiger partial charge in [-0.2, -0.15) is 0 Å². The van der Waals surface area contributed by atoms with E-state index in [2.05, 4.69) is 20.8 Å². The number of carbonyl (C=O) groups is 2. The van der Waals surface area contributed by atoms with Gasteiger partial charge < -0.3 is 14.6 Å². The number of aliphatic hydroxyl groups excluding tert-OH is 1. The Morgan fingerprint density at radius 1 is 0.500 bits per heavy atom. The fraction of sp³-hybridized carbons (Fsp3) is 0.951. The van der Waals surface area contributed by atoms with E-state index in [1.54, 1.807) is 0 Å². The molecule has 2 atom stereocenters. The van der Waals surface area contributed by atoms with E-state index in [0.717, 1.165) is 38.0 Å². The van der Waals surface area contributed by atoms with Gasteiger partial charge in [0.25, 0.3) is 0 Å². The van der Waals surface area contributed by atoms with Crippen LogP contribution in [0.15, 0.2) is 0 Å². The third kappa shape index (κ3) is 34.2. The van der Waals surface area contributed by atoms with Gasteiger partial charge in [-0.1, -0.05) is 201 Å². The number of aliphatic hydroxyl groups is 1. The summed E-state index contributed by atoms with van der Waals surface area (Å²) in [6, 6.07) is 0. The van der Waals surface area contributed by atoms with E-state index in [-0.39, 0.29) is 25.2 Å². The van der Waals surface area contributed by atoms with Gasteiger partial charge in [0, 0.05) is 12.8 Å². The molecule has 0 amide bonds. The van der Waals surface area contributed by atoms with E-state index in [0.29, 0.717) is 12.8 Å². The number of rotatable bonds is 37. The van der Waals surface area contributed by atoms with E-state index < -0.39 is 6.10 Å². The first-order valence-electron chi connectivity index (χ1n) is 20.5. The molecule has 0 aromatic heterocycles. The highest BCUT2D eigenvalue weighted by Crippen LogP contribution is 2.17. The van der Waals surface area contributed by atoms with Crippen molar-refractivity contribution in [3.05, 3.63) is 0 Å². The lowest BCUT2D eigenvalue weighted by molar-refractivity contribution is -0.161. The first kappa shape index (κ1) is 44.9. The normalized spacial score (nSPS) is 12.7. The Balaban J connectivity index is 3.44. The van der Waals surface area contributed by atoms with Crippen LogP contribution in [0.4, 0.5) is 0 Å². The molecule has 274 valence electrons. The maximum absolute atomic E-state index is 12.1. The highest BCUT2D eigenvalue weighted by Gasteiger charge is 2.16. The molecule has 0 aliphatic carbocycles. The minimum absolute atomic E-state index is 0.0577. The summed E-state index contributed by atoms with van der Waals surface area (Å²) in [5.74, 6) is 0.337. The minimum atomic E-state index is -0.761. The fourth-order valence-electron chi connectivity index (χ4n) is 6.18. The molecule has 0 aliphatic rings. The van der Waals surface area contributed by atoms with Crippen LogP contribution < -0.4 is 0 Å². The van der Waals surface area contributed by atoms with Gasteiger partial charge in [0.15, 0.2) is 6.10 Å². The van der Waals surface area contributed by atoms with E-state index in [4.69, 9.17) is 9.47 Å². The van der Waals surface area contributed by atoms with Crippen LogP contribution in [-0.4, -0.2) is 36.4 Å². The van der Waals surface area contributed by atoms with Crippen LogP contribution in [0.5, 0.6) is 0 Å². The lowest BCUT2D eigenvalue weighted by Crippen LogP contribution is -2.28. The molecule has 46 heavy (non-hydrogen) atoms. The Hall–Kier alpha value is -1.10. The van der Waals surface area contributed by atoms with Crippen molar-refractivity contribution in [3.63, 3.8) is 0 Å². The number of hydrogen-bond acceptors (Lipinski definition) is 5. The second-order valence-corrected chi connectivity index (χ2v) is 14.3. The zero-order valence-corrected chi connectivity index (χ0v) is 31.3. The van der Waals surface area contributed by atoms with Crippen LogP contribution in [0.2, 0.25) is 0 Å². The molecule has 0 spiro atoms. The summed E-state index contributed by atoms with van der Waals surface area (Å²) >= 11 is 0. The third-order valence-corrected chi connectivity index (χ3v) is 9.69. The fourth-order valence-corrected chi connectivity index (χ4v) is 6.18. The Labute approximate surface area is 287 Å². The lowest BCUT2D eigenvalue weighted by Gasteiger charge is -2.15. The molecule has 0 saturated carbocycles. The van der Waals surface area contributed by atoms with Crippen LogP contribution in [-0.2, 0) is 19.1 Å². The van der Waals surface area contributed by atoms with Crippen molar-refractivity contribution in [1.82, 2.24) is 0 Å². The van der Waals surface area contributed by atoms with E-state index in [1.807, 2.05) is 0 Å². The average molecular weight is 653 g/mol. The number of hydrogen-bond donors (Lipinski definition) is 1. The van der Waals surface area contributed by atoms with Gasteiger partial charge in [0.05, 0.1) is 6.61 Å². The molecular weight excluding hydrogens is 572 g/mol. The Morgan fingerprint density at radius 2 is 0.848 bits per heavy atom. The Bertz CT molecular complexity index is 636. The van der Waals surface area contributed by atoms with Crippen LogP contribution in [0, 0.1) is 5.92 Å². The molecule has 0 saturated heterocycles. The quantitative estimate of drug-likeness (QED) is 0.0534. The highest BCUT2D eigenvalue weighted by molar-refractivity contribution is 5.70. The molecule has 0 bridgehead atoms. The van der Waals surface area contributed by atoms with Crippen LogP contribution in [0.1, 0.15) is 226 Å². The van der Waals surface area contributed by atoms with Crippen molar-refractivity contribution in [3.8, 4) is 0 Å². The van der Waals surface area contributed by atoms with Crippen LogP contribution in [0.25, 0.3) is 0 Å². The molecule has 5 nitrogen and oxygen atoms in total. The van der Waals surface area contributed by atoms with Crippen LogP contribution in [0.3, 0.4) is 0 Å². The van der Waals surface area contributed by atoms with Gasteiger partial charge in [-0.15, -0.1) is 0 Å². The van der Waals surface area contributed by atoms with Crippen molar-refractivity contribution in [2.24, 2.45) is 5.92 Å². The summed E-state index contributed by atoms with van der Waals surface area (Å²) in [5, 5.41) is 9.53. The molecule has 1 unspecified atom stereocenters. The number of unbranched alkanes of at least 4 members (excludes halogenated alkanes) is 26. The second kappa shape index (κ2) is 36.7. The average Bonchev–Trinajstić information content (AvgIpc) is 3.06. The summed E-state index contributed by atoms with van der Waals surface area (Å²) in [5.41, 5.74) is 0. The first-order valence-corrected chi connectivity index (χ1v) is 20.5. The zero-order chi connectivity index (χ0) is 33.8. The number of esters is 2. The topological polar surface area (TPSA) is 72.8 Å². The lowest BCUT2D eigenvalue weighted by atomic mass is 9.99. The third-order valence-electron chi connectivity index (χ3n) is 9.69. The summed E-state index contributed by atoms with van der Waals surface area (Å²) in [6.07, 6.45) is 38.8. The molecule has 5 heteroatoms. The van der Waals surface area contributed by atoms with Crippen molar-refractivity contribution in [2.45, 2.75) is 232 Å². The Morgan fingerprint density at radius 3 is 1.22 bits per heavy atom. The molecular formula is C41H80O5. The standard InChI is InChI=1S/C41H80O5/c1-4-6-7-8-9-10-22-26-29-32-35-41(44)46-39(36-42)37-45-40(43)34-31-28-25-23-20-18-16-14-12-11-13-15-17-19-21-24-27-30-33-38(3)5-2/h38-39,42H,4-37H2,1-3H3/t38?,39-/m0/s1. The monoisotopic (exact) mass is 653 g/mol. The number of ether oxygens (including phenoxy) is 2. The van der Waals surface area contributed by atoms with Gasteiger partial charge in [-0.3, -0.25) is 9.59 Å². The molecule has 0 radical (unpaired) electrons. The highest BCUT2D eigenvalue weighted by atomic mass is 16.6. The first-order chi connectivity index (χ1) is 22.5. The number of carbonyl (C=O) groups excluding carboxylic acids is 2. The van der Waals surface area contributed by atoms with Gasteiger partial charge in [0.2, 0.25) is 0 Å². The summed E-state index contributed by atoms with van der Waals surface area (Å²) in [7, 11) is 0. The van der Waals surface area contributed by atoms with Gasteiger partial charge in [0.1, 0.15) is 6.61 Å². The predicted molar refractivity (Wildman–Crippen MR) is 196 cm³/mol. The summed E-state index contributed by atoms with van der Waals surface area (Å²) in [4.78, 5) is 24.2. The molecule has 0 aromatic rings. The summed E-state index contributed by atoms with van der Waals surface area (Å²) in [6.45, 7) is 6.55. The van der Waals surface area contributed by atoms with Crippen LogP contribution >= 0.6 is 0 Å². The van der Waals surface area contributed by atoms with Crippen molar-refractivity contribution in [1.29, 1.82) is 0 Å². The smallest absolute Gasteiger partial charge is 0.306 e. The molecule has 0 heterocycles. The van der Waals surface area contributed by atoms with E-state index >= 15 is 0 Å². The molecule has 0 rings (SSSR count). The maximum atomic E-state index is 12.1. The van der Waals surface area contributed by atoms with E-state index in [1.165, 1.54) is 161 Å². The molecule has 0 aromatic carbocycles. The van der Waals surface area contributed by atoms with Gasteiger partial charge in [-0.25, -0.2) is 0 Å². The predicted octanol–water partition coefficient (Wildman–Crippen LogP) is 12.6. The van der Waals surface area contributed by atoms with Gasteiger partial charge in [-0.05, 0) is 18.8 Å². The van der Waals surface area contributed by atoms with E-state index in [9.17, 15) is 14.7 Å². The molecule has 1 N–H and O–H groups in total. The SMILES string of the molecule is CCCCCCCCCCCCC(=O)O[C@@H](CO)COC(=O)CCCCCCCCCCCCCCCCCCCCC(C)CC. The van der Waals surface area contributed by atoms with Crippen molar-refractivity contribution >= 4 is 11.9 Å².